The monoisotopic (exact) mass is 260 g/mol. The van der Waals surface area contributed by atoms with Crippen LogP contribution in [0.1, 0.15) is 11.3 Å². The molecule has 1 aromatic heterocycles. The number of hydrogen-bond donors (Lipinski definition) is 2. The summed E-state index contributed by atoms with van der Waals surface area (Å²) >= 11 is 0. The summed E-state index contributed by atoms with van der Waals surface area (Å²) in [6.45, 7) is -0.366. The number of alkyl halides is 3. The fourth-order valence-electron chi connectivity index (χ4n) is 1.53. The number of halogens is 4. The molecule has 3 nitrogen and oxygen atoms in total. The Morgan fingerprint density at radius 3 is 2.56 bits per heavy atom. The SMILES string of the molecule is OCc1cnc(-c2ccc(F)cc2C(F)(F)F)[nH]1. The molecule has 0 aliphatic rings. The maximum atomic E-state index is 12.9. The Balaban J connectivity index is 2.56. The van der Waals surface area contributed by atoms with E-state index < -0.39 is 17.6 Å². The largest absolute Gasteiger partial charge is 0.417 e. The summed E-state index contributed by atoms with van der Waals surface area (Å²) in [4.78, 5) is 6.25. The van der Waals surface area contributed by atoms with Gasteiger partial charge in [0, 0.05) is 5.56 Å². The molecular formula is C11H8F4N2O. The second-order valence-corrected chi connectivity index (χ2v) is 3.60. The van der Waals surface area contributed by atoms with Crippen molar-refractivity contribution in [2.45, 2.75) is 12.8 Å². The predicted octanol–water partition coefficient (Wildman–Crippen LogP) is 2.73. The molecule has 2 aromatic rings. The number of benzene rings is 1. The first-order valence-electron chi connectivity index (χ1n) is 4.93. The van der Waals surface area contributed by atoms with Crippen LogP contribution in [0.5, 0.6) is 0 Å². The molecule has 1 heterocycles. The molecule has 0 amide bonds. The van der Waals surface area contributed by atoms with Gasteiger partial charge in [0.05, 0.1) is 24.1 Å². The van der Waals surface area contributed by atoms with Crippen molar-refractivity contribution >= 4 is 0 Å². The molecule has 0 fully saturated rings. The van der Waals surface area contributed by atoms with E-state index in [0.717, 1.165) is 12.1 Å². The number of imidazole rings is 1. The van der Waals surface area contributed by atoms with Gasteiger partial charge in [-0.05, 0) is 18.2 Å². The Labute approximate surface area is 99.1 Å². The Bertz CT molecular complexity index is 562. The zero-order valence-electron chi connectivity index (χ0n) is 8.92. The van der Waals surface area contributed by atoms with Crippen LogP contribution in [0.15, 0.2) is 24.4 Å². The van der Waals surface area contributed by atoms with Crippen molar-refractivity contribution < 1.29 is 22.7 Å². The number of nitrogens with one attached hydrogen (secondary N) is 1. The van der Waals surface area contributed by atoms with Crippen LogP contribution in [-0.4, -0.2) is 15.1 Å². The van der Waals surface area contributed by atoms with Crippen molar-refractivity contribution in [3.8, 4) is 11.4 Å². The lowest BCUT2D eigenvalue weighted by molar-refractivity contribution is -0.137. The molecule has 0 radical (unpaired) electrons. The third-order valence-electron chi connectivity index (χ3n) is 2.34. The van der Waals surface area contributed by atoms with E-state index in [2.05, 4.69) is 9.97 Å². The molecule has 96 valence electrons. The van der Waals surface area contributed by atoms with E-state index in [1.807, 2.05) is 0 Å². The number of H-pyrrole nitrogens is 1. The number of aliphatic hydroxyl groups excluding tert-OH is 1. The maximum Gasteiger partial charge on any atom is 0.417 e. The Morgan fingerprint density at radius 2 is 2.00 bits per heavy atom. The van der Waals surface area contributed by atoms with E-state index in [0.29, 0.717) is 6.07 Å². The Hall–Kier alpha value is -1.89. The van der Waals surface area contributed by atoms with E-state index in [1.54, 1.807) is 0 Å². The van der Waals surface area contributed by atoms with Gasteiger partial charge in [-0.15, -0.1) is 0 Å². The highest BCUT2D eigenvalue weighted by molar-refractivity contribution is 5.61. The van der Waals surface area contributed by atoms with Gasteiger partial charge in [0.2, 0.25) is 0 Å². The molecule has 0 unspecified atom stereocenters. The summed E-state index contributed by atoms with van der Waals surface area (Å²) in [5.41, 5.74) is -1.09. The van der Waals surface area contributed by atoms with Crippen LogP contribution in [0.2, 0.25) is 0 Å². The molecule has 2 N–H and O–H groups in total. The second kappa shape index (κ2) is 4.41. The number of aromatic amines is 1. The number of nitrogens with zero attached hydrogens (tertiary/aromatic N) is 1. The molecule has 0 saturated heterocycles. The van der Waals surface area contributed by atoms with Gasteiger partial charge in [0.25, 0.3) is 0 Å². The Morgan fingerprint density at radius 1 is 1.28 bits per heavy atom. The van der Waals surface area contributed by atoms with E-state index in [4.69, 9.17) is 5.11 Å². The number of aromatic nitrogens is 2. The van der Waals surface area contributed by atoms with E-state index >= 15 is 0 Å². The van der Waals surface area contributed by atoms with Crippen molar-refractivity contribution in [3.63, 3.8) is 0 Å². The summed E-state index contributed by atoms with van der Waals surface area (Å²) in [5, 5.41) is 8.82. The molecular weight excluding hydrogens is 252 g/mol. The fourth-order valence-corrected chi connectivity index (χ4v) is 1.53. The smallest absolute Gasteiger partial charge is 0.390 e. The first-order valence-corrected chi connectivity index (χ1v) is 4.93. The molecule has 7 heteroatoms. The topological polar surface area (TPSA) is 48.9 Å². The Kier molecular flexibility index (Phi) is 3.08. The van der Waals surface area contributed by atoms with Gasteiger partial charge >= 0.3 is 6.18 Å². The van der Waals surface area contributed by atoms with Crippen LogP contribution in [-0.2, 0) is 12.8 Å². The van der Waals surface area contributed by atoms with Crippen molar-refractivity contribution in [1.29, 1.82) is 0 Å². The van der Waals surface area contributed by atoms with Crippen LogP contribution in [0, 0.1) is 5.82 Å². The van der Waals surface area contributed by atoms with E-state index in [-0.39, 0.29) is 23.7 Å². The summed E-state index contributed by atoms with van der Waals surface area (Å²) in [6.07, 6.45) is -3.46. The zero-order valence-corrected chi connectivity index (χ0v) is 8.92. The van der Waals surface area contributed by atoms with Crippen LogP contribution < -0.4 is 0 Å². The quantitative estimate of drug-likeness (QED) is 0.815. The average molecular weight is 260 g/mol. The highest BCUT2D eigenvalue weighted by Crippen LogP contribution is 2.36. The molecule has 0 aliphatic heterocycles. The van der Waals surface area contributed by atoms with Crippen molar-refractivity contribution in [1.82, 2.24) is 9.97 Å². The fraction of sp³-hybridized carbons (Fsp3) is 0.182. The van der Waals surface area contributed by atoms with Gasteiger partial charge in [-0.1, -0.05) is 0 Å². The van der Waals surface area contributed by atoms with Gasteiger partial charge in [0.15, 0.2) is 0 Å². The second-order valence-electron chi connectivity index (χ2n) is 3.60. The van der Waals surface area contributed by atoms with Crippen LogP contribution in [0.25, 0.3) is 11.4 Å². The van der Waals surface area contributed by atoms with Crippen LogP contribution in [0.3, 0.4) is 0 Å². The molecule has 0 aliphatic carbocycles. The van der Waals surface area contributed by atoms with Gasteiger partial charge in [-0.25, -0.2) is 9.37 Å². The molecule has 0 atom stereocenters. The lowest BCUT2D eigenvalue weighted by Gasteiger charge is -2.11. The predicted molar refractivity (Wildman–Crippen MR) is 54.9 cm³/mol. The lowest BCUT2D eigenvalue weighted by Crippen LogP contribution is -2.08. The summed E-state index contributed by atoms with van der Waals surface area (Å²) in [5.74, 6) is -1.04. The van der Waals surface area contributed by atoms with Gasteiger partial charge < -0.3 is 10.1 Å². The minimum absolute atomic E-state index is 0.0635. The normalized spacial score (nSPS) is 11.8. The highest BCUT2D eigenvalue weighted by Gasteiger charge is 2.34. The number of aliphatic hydroxyl groups is 1. The number of rotatable bonds is 2. The minimum atomic E-state index is -4.68. The summed E-state index contributed by atoms with van der Waals surface area (Å²) in [6, 6.07) is 2.33. The van der Waals surface area contributed by atoms with Crippen LogP contribution >= 0.6 is 0 Å². The maximum absolute atomic E-state index is 12.9. The molecule has 0 saturated carbocycles. The van der Waals surface area contributed by atoms with Crippen molar-refractivity contribution in [2.24, 2.45) is 0 Å². The summed E-state index contributed by atoms with van der Waals surface area (Å²) in [7, 11) is 0. The van der Waals surface area contributed by atoms with Gasteiger partial charge in [-0.2, -0.15) is 13.2 Å². The lowest BCUT2D eigenvalue weighted by atomic mass is 10.1. The third-order valence-corrected chi connectivity index (χ3v) is 2.34. The molecule has 0 bridgehead atoms. The average Bonchev–Trinajstić information content (AvgIpc) is 2.76. The van der Waals surface area contributed by atoms with Crippen molar-refractivity contribution in [3.05, 3.63) is 41.5 Å². The van der Waals surface area contributed by atoms with E-state index in [1.165, 1.54) is 6.20 Å². The minimum Gasteiger partial charge on any atom is -0.390 e. The molecule has 18 heavy (non-hydrogen) atoms. The first kappa shape index (κ1) is 12.6. The summed E-state index contributed by atoms with van der Waals surface area (Å²) < 4.78 is 51.1. The zero-order chi connectivity index (χ0) is 13.3. The van der Waals surface area contributed by atoms with E-state index in [9.17, 15) is 17.6 Å². The van der Waals surface area contributed by atoms with Gasteiger partial charge in [0.1, 0.15) is 11.6 Å². The molecule has 2 rings (SSSR count). The molecule has 0 spiro atoms. The van der Waals surface area contributed by atoms with Crippen LogP contribution in [0.4, 0.5) is 17.6 Å². The first-order chi connectivity index (χ1) is 8.41. The third kappa shape index (κ3) is 2.35. The number of hydrogen-bond acceptors (Lipinski definition) is 2. The standard InChI is InChI=1S/C11H8F4N2O/c12-6-1-2-8(9(3-6)11(13,14)15)10-16-4-7(5-18)17-10/h1-4,18H,5H2,(H,16,17). The molecule has 1 aromatic carbocycles. The van der Waals surface area contributed by atoms with Crippen molar-refractivity contribution in [2.75, 3.05) is 0 Å². The highest BCUT2D eigenvalue weighted by atomic mass is 19.4. The van der Waals surface area contributed by atoms with Gasteiger partial charge in [-0.3, -0.25) is 0 Å².